The van der Waals surface area contributed by atoms with Crippen LogP contribution >= 0.6 is 10.7 Å². The van der Waals surface area contributed by atoms with Crippen LogP contribution in [0.25, 0.3) is 0 Å². The van der Waals surface area contributed by atoms with Gasteiger partial charge < -0.3 is 24.7 Å². The van der Waals surface area contributed by atoms with E-state index < -0.39 is 49.7 Å². The molecular formula is C10H30O6SSi6. The van der Waals surface area contributed by atoms with E-state index in [0.29, 0.717) is 0 Å². The third kappa shape index (κ3) is 5.70. The second-order valence-electron chi connectivity index (χ2n) is 8.04. The Bertz CT molecular complexity index is 412. The summed E-state index contributed by atoms with van der Waals surface area (Å²) in [7, 11) is -11.9. The number of rotatable bonds is 2. The summed E-state index contributed by atoms with van der Waals surface area (Å²) in [6, 6.07) is 0. The molecule has 23 heavy (non-hydrogen) atoms. The van der Waals surface area contributed by atoms with Crippen LogP contribution in [0.1, 0.15) is 0 Å². The summed E-state index contributed by atoms with van der Waals surface area (Å²) in [5, 5.41) is 0. The van der Waals surface area contributed by atoms with Crippen molar-refractivity contribution in [3.8, 4) is 0 Å². The molecule has 0 aliphatic carbocycles. The van der Waals surface area contributed by atoms with Crippen LogP contribution in [0.2, 0.25) is 65.5 Å². The SMILES string of the molecule is C[Si]1(C)O[Si](C)(C)O[Si](C)(S[Si]2(C)O[Si](C)(C)O[Si](C)(C)O2)O1. The summed E-state index contributed by atoms with van der Waals surface area (Å²) in [5.74, 6) is 0. The van der Waals surface area contributed by atoms with Crippen LogP contribution in [-0.4, -0.2) is 49.7 Å². The first-order chi connectivity index (χ1) is 9.95. The highest BCUT2D eigenvalue weighted by Crippen LogP contribution is 2.45. The molecule has 0 aromatic heterocycles. The van der Waals surface area contributed by atoms with Crippen molar-refractivity contribution in [2.75, 3.05) is 0 Å². The van der Waals surface area contributed by atoms with Crippen LogP contribution in [0.5, 0.6) is 0 Å². The topological polar surface area (TPSA) is 55.4 Å². The molecule has 0 aromatic rings. The standard InChI is InChI=1S/C10H30O6SSi6/c1-18(2)11-19(3,4)14-22(9,13-18)17-23(10)15-20(5,6)12-21(7,8)16-23/h1-10H3. The molecule has 2 aliphatic heterocycles. The van der Waals surface area contributed by atoms with E-state index >= 15 is 0 Å². The van der Waals surface area contributed by atoms with Crippen LogP contribution in [0.15, 0.2) is 0 Å². The van der Waals surface area contributed by atoms with Gasteiger partial charge >= 0.3 is 49.7 Å². The normalized spacial score (nSPS) is 33.1. The number of hydrogen-bond acceptors (Lipinski definition) is 7. The minimum absolute atomic E-state index is 1.72. The van der Waals surface area contributed by atoms with Crippen LogP contribution in [0.3, 0.4) is 0 Å². The Morgan fingerprint density at radius 2 is 0.609 bits per heavy atom. The van der Waals surface area contributed by atoms with Gasteiger partial charge in [0.2, 0.25) is 0 Å². The largest absolute Gasteiger partial charge is 0.416 e. The lowest BCUT2D eigenvalue weighted by Gasteiger charge is -2.52. The van der Waals surface area contributed by atoms with Crippen molar-refractivity contribution >= 4 is 60.3 Å². The highest BCUT2D eigenvalue weighted by atomic mass is 32.5. The summed E-state index contributed by atoms with van der Waals surface area (Å²) in [5.41, 5.74) is 0. The van der Waals surface area contributed by atoms with Crippen LogP contribution in [0, 0.1) is 0 Å². The number of hydrogen-bond donors (Lipinski definition) is 0. The van der Waals surface area contributed by atoms with Gasteiger partial charge in [-0.2, -0.15) is 0 Å². The highest BCUT2D eigenvalue weighted by Gasteiger charge is 2.61. The van der Waals surface area contributed by atoms with Crippen molar-refractivity contribution in [3.05, 3.63) is 0 Å². The molecule has 13 heteroatoms. The molecule has 6 nitrogen and oxygen atoms in total. The lowest BCUT2D eigenvalue weighted by atomic mass is 11.9. The zero-order valence-electron chi connectivity index (χ0n) is 15.9. The van der Waals surface area contributed by atoms with Gasteiger partial charge in [-0.25, -0.2) is 0 Å². The first kappa shape index (κ1) is 20.7. The molecule has 2 rings (SSSR count). The summed E-state index contributed by atoms with van der Waals surface area (Å²) >= 11 is 0. The van der Waals surface area contributed by atoms with Crippen molar-refractivity contribution in [2.24, 2.45) is 0 Å². The van der Waals surface area contributed by atoms with Gasteiger partial charge in [-0.3, -0.25) is 0 Å². The van der Waals surface area contributed by atoms with Crippen molar-refractivity contribution in [3.63, 3.8) is 0 Å². The van der Waals surface area contributed by atoms with Crippen molar-refractivity contribution < 1.29 is 24.7 Å². The fraction of sp³-hybridized carbons (Fsp3) is 1.00. The van der Waals surface area contributed by atoms with Gasteiger partial charge in [0.05, 0.1) is 0 Å². The summed E-state index contributed by atoms with van der Waals surface area (Å²) in [4.78, 5) is 0. The van der Waals surface area contributed by atoms with Gasteiger partial charge in [0.15, 0.2) is 0 Å². The molecule has 2 aliphatic rings. The molecule has 0 N–H and O–H groups in total. The molecule has 0 saturated carbocycles. The smallest absolute Gasteiger partial charge is 0.383 e. The molecule has 2 saturated heterocycles. The van der Waals surface area contributed by atoms with E-state index in [9.17, 15) is 0 Å². The third-order valence-corrected chi connectivity index (χ3v) is 37.4. The van der Waals surface area contributed by atoms with E-state index in [4.69, 9.17) is 24.7 Å². The Balaban J connectivity index is 2.25. The summed E-state index contributed by atoms with van der Waals surface area (Å²) < 4.78 is 37.9. The molecule has 0 aromatic carbocycles. The van der Waals surface area contributed by atoms with Gasteiger partial charge in [0, 0.05) is 0 Å². The molecule has 0 radical (unpaired) electrons. The molecule has 0 spiro atoms. The first-order valence-corrected chi connectivity index (χ1v) is 26.0. The van der Waals surface area contributed by atoms with Gasteiger partial charge in [0.25, 0.3) is 0 Å². The highest BCUT2D eigenvalue weighted by molar-refractivity contribution is 8.48. The van der Waals surface area contributed by atoms with E-state index in [0.717, 1.165) is 0 Å². The van der Waals surface area contributed by atoms with Gasteiger partial charge in [-0.1, -0.05) is 10.7 Å². The van der Waals surface area contributed by atoms with Gasteiger partial charge in [0.1, 0.15) is 0 Å². The maximum atomic E-state index is 6.40. The average molecular weight is 447 g/mol. The van der Waals surface area contributed by atoms with Crippen LogP contribution < -0.4 is 0 Å². The predicted octanol–water partition coefficient (Wildman–Crippen LogP) is 3.79. The van der Waals surface area contributed by atoms with Gasteiger partial charge in [-0.05, 0) is 65.5 Å². The lowest BCUT2D eigenvalue weighted by Crippen LogP contribution is -2.69. The second-order valence-corrected chi connectivity index (χ2v) is 34.7. The molecule has 0 amide bonds. The van der Waals surface area contributed by atoms with Gasteiger partial charge in [-0.15, -0.1) is 0 Å². The fourth-order valence-corrected chi connectivity index (χ4v) is 53.2. The Hall–Kier alpha value is 1.41. The second kappa shape index (κ2) is 5.96. The van der Waals surface area contributed by atoms with Crippen molar-refractivity contribution in [2.45, 2.75) is 65.5 Å². The molecule has 0 atom stereocenters. The summed E-state index contributed by atoms with van der Waals surface area (Å²) in [6.45, 7) is 21.0. The maximum Gasteiger partial charge on any atom is 0.383 e. The zero-order valence-corrected chi connectivity index (χ0v) is 22.7. The molecule has 2 fully saturated rings. The first-order valence-electron chi connectivity index (χ1n) is 7.86. The fourth-order valence-electron chi connectivity index (χ4n) is 3.51. The lowest BCUT2D eigenvalue weighted by molar-refractivity contribution is 0.246. The monoisotopic (exact) mass is 446 g/mol. The maximum absolute atomic E-state index is 6.40. The van der Waals surface area contributed by atoms with E-state index in [1.807, 2.05) is 0 Å². The third-order valence-electron chi connectivity index (χ3n) is 3.08. The Morgan fingerprint density at radius 1 is 0.391 bits per heavy atom. The van der Waals surface area contributed by atoms with Crippen LogP contribution in [-0.2, 0) is 24.7 Å². The predicted molar refractivity (Wildman–Crippen MR) is 107 cm³/mol. The summed E-state index contributed by atoms with van der Waals surface area (Å²) in [6.07, 6.45) is 0. The molecular weight excluding hydrogens is 417 g/mol. The van der Waals surface area contributed by atoms with E-state index in [1.165, 1.54) is 0 Å². The Kier molecular flexibility index (Phi) is 5.37. The van der Waals surface area contributed by atoms with E-state index in [1.54, 1.807) is 10.7 Å². The van der Waals surface area contributed by atoms with Crippen LogP contribution in [0.4, 0.5) is 0 Å². The van der Waals surface area contributed by atoms with E-state index in [-0.39, 0.29) is 0 Å². The Morgan fingerprint density at radius 3 is 0.826 bits per heavy atom. The minimum atomic E-state index is -2.48. The van der Waals surface area contributed by atoms with E-state index in [2.05, 4.69) is 65.5 Å². The average Bonchev–Trinajstić information content (AvgIpc) is 1.98. The van der Waals surface area contributed by atoms with Crippen molar-refractivity contribution in [1.82, 2.24) is 0 Å². The molecule has 0 unspecified atom stereocenters. The van der Waals surface area contributed by atoms with Crippen molar-refractivity contribution in [1.29, 1.82) is 0 Å². The molecule has 136 valence electrons. The molecule has 2 heterocycles. The minimum Gasteiger partial charge on any atom is -0.416 e. The zero-order chi connectivity index (χ0) is 17.9. The quantitative estimate of drug-likeness (QED) is 0.598. The molecule has 0 bridgehead atoms. The Labute approximate surface area is 150 Å².